The summed E-state index contributed by atoms with van der Waals surface area (Å²) < 4.78 is 0. The SMILES string of the molecule is c1ccc2c(c1)ccc1ccc3[siH]c[nH]c3c12. The Bertz CT molecular complexity index is 845. The first-order valence-corrected chi connectivity index (χ1v) is 7.05. The minimum atomic E-state index is 0.289. The zero-order valence-corrected chi connectivity index (χ0v) is 10.4. The van der Waals surface area contributed by atoms with Gasteiger partial charge in [0.25, 0.3) is 0 Å². The molecule has 1 nitrogen and oxygen atoms in total. The number of hydrogen-bond donors (Lipinski definition) is 1. The van der Waals surface area contributed by atoms with Gasteiger partial charge in [0.1, 0.15) is 0 Å². The van der Waals surface area contributed by atoms with Crippen molar-refractivity contribution < 1.29 is 0 Å². The summed E-state index contributed by atoms with van der Waals surface area (Å²) in [5, 5.41) is 5.37. The first-order valence-electron chi connectivity index (χ1n) is 5.81. The highest BCUT2D eigenvalue weighted by Crippen LogP contribution is 2.30. The molecule has 0 aliphatic rings. The summed E-state index contributed by atoms with van der Waals surface area (Å²) >= 11 is 0. The summed E-state index contributed by atoms with van der Waals surface area (Å²) in [5.74, 6) is 2.21. The van der Waals surface area contributed by atoms with Crippen molar-refractivity contribution in [1.82, 2.24) is 4.98 Å². The van der Waals surface area contributed by atoms with Crippen LogP contribution in [0.5, 0.6) is 0 Å². The molecule has 0 fully saturated rings. The summed E-state index contributed by atoms with van der Waals surface area (Å²) in [7, 11) is 0.289. The molecule has 0 unspecified atom stereocenters. The topological polar surface area (TPSA) is 15.8 Å². The number of benzene rings is 3. The van der Waals surface area contributed by atoms with Crippen LogP contribution in [0.4, 0.5) is 0 Å². The lowest BCUT2D eigenvalue weighted by atomic mass is 10.0. The summed E-state index contributed by atoms with van der Waals surface area (Å²) in [6.07, 6.45) is 0. The van der Waals surface area contributed by atoms with Crippen molar-refractivity contribution in [3.05, 3.63) is 54.3 Å². The summed E-state index contributed by atoms with van der Waals surface area (Å²) in [5.41, 5.74) is 1.33. The summed E-state index contributed by atoms with van der Waals surface area (Å²) in [6, 6.07) is 17.5. The van der Waals surface area contributed by atoms with E-state index in [0.717, 1.165) is 0 Å². The molecule has 0 saturated carbocycles. The third kappa shape index (κ3) is 1.21. The number of aromatic nitrogens is 1. The fraction of sp³-hybridized carbons (Fsp3) is 0. The van der Waals surface area contributed by atoms with E-state index in [-0.39, 0.29) is 9.12 Å². The first-order chi connectivity index (χ1) is 8.43. The Kier molecular flexibility index (Phi) is 1.76. The second-order valence-electron chi connectivity index (χ2n) is 4.39. The van der Waals surface area contributed by atoms with E-state index in [0.29, 0.717) is 0 Å². The maximum absolute atomic E-state index is 3.45. The Morgan fingerprint density at radius 3 is 2.65 bits per heavy atom. The van der Waals surface area contributed by atoms with Crippen LogP contribution in [0.3, 0.4) is 0 Å². The maximum atomic E-state index is 3.45. The standard InChI is InChI=1S/C15H11NSi/c1-2-4-12-10(3-1)5-6-11-7-8-13-15(14(11)12)16-9-17-13/h1-9,16-17H. The van der Waals surface area contributed by atoms with E-state index in [1.54, 1.807) is 0 Å². The van der Waals surface area contributed by atoms with E-state index in [1.165, 1.54) is 32.1 Å². The van der Waals surface area contributed by atoms with Crippen molar-refractivity contribution in [2.75, 3.05) is 0 Å². The van der Waals surface area contributed by atoms with Crippen LogP contribution in [0.1, 0.15) is 0 Å². The molecule has 17 heavy (non-hydrogen) atoms. The molecule has 2 heteroatoms. The molecule has 0 saturated heterocycles. The van der Waals surface area contributed by atoms with Gasteiger partial charge in [0.05, 0.1) is 9.12 Å². The average molecular weight is 233 g/mol. The molecule has 0 spiro atoms. The Morgan fingerprint density at radius 2 is 1.65 bits per heavy atom. The number of aromatic amines is 1. The Balaban J connectivity index is 2.41. The van der Waals surface area contributed by atoms with Gasteiger partial charge in [-0.2, -0.15) is 0 Å². The van der Waals surface area contributed by atoms with E-state index in [2.05, 4.69) is 59.3 Å². The van der Waals surface area contributed by atoms with E-state index in [4.69, 9.17) is 0 Å². The van der Waals surface area contributed by atoms with Gasteiger partial charge in [-0.3, -0.25) is 0 Å². The van der Waals surface area contributed by atoms with Crippen LogP contribution in [-0.4, -0.2) is 14.1 Å². The van der Waals surface area contributed by atoms with Crippen LogP contribution in [0, 0.1) is 0 Å². The smallest absolute Gasteiger partial charge is 0.0526 e. The maximum Gasteiger partial charge on any atom is 0.0526 e. The van der Waals surface area contributed by atoms with Crippen molar-refractivity contribution >= 4 is 41.2 Å². The molecular formula is C15H11NSi. The van der Waals surface area contributed by atoms with Gasteiger partial charge in [0, 0.05) is 10.9 Å². The average Bonchev–Trinajstić information content (AvgIpc) is 2.86. The molecule has 0 aliphatic carbocycles. The largest absolute Gasteiger partial charge is 0.365 e. The second-order valence-corrected chi connectivity index (χ2v) is 5.68. The quantitative estimate of drug-likeness (QED) is 0.353. The Hall–Kier alpha value is -1.93. The van der Waals surface area contributed by atoms with E-state index in [1.807, 2.05) is 0 Å². The molecule has 1 aromatic heterocycles. The van der Waals surface area contributed by atoms with Crippen molar-refractivity contribution in [1.29, 1.82) is 0 Å². The monoisotopic (exact) mass is 233 g/mol. The van der Waals surface area contributed by atoms with E-state index >= 15 is 0 Å². The number of H-pyrrole nitrogens is 1. The summed E-state index contributed by atoms with van der Waals surface area (Å²) in [4.78, 5) is 4.93. The highest BCUT2D eigenvalue weighted by atomic mass is 28.2. The summed E-state index contributed by atoms with van der Waals surface area (Å²) in [6.45, 7) is 0. The number of nitrogens with one attached hydrogen (secondary N) is 1. The van der Waals surface area contributed by atoms with Crippen molar-refractivity contribution in [3.8, 4) is 0 Å². The van der Waals surface area contributed by atoms with Gasteiger partial charge < -0.3 is 4.98 Å². The van der Waals surface area contributed by atoms with Crippen LogP contribution < -0.4 is 0 Å². The molecule has 3 aromatic carbocycles. The molecule has 4 aromatic rings. The van der Waals surface area contributed by atoms with Gasteiger partial charge in [-0.15, -0.1) is 0 Å². The highest BCUT2D eigenvalue weighted by molar-refractivity contribution is 6.48. The van der Waals surface area contributed by atoms with Crippen LogP contribution in [0.15, 0.2) is 54.3 Å². The van der Waals surface area contributed by atoms with Gasteiger partial charge in [-0.1, -0.05) is 48.5 Å². The Labute approximate surface area is 101 Å². The third-order valence-electron chi connectivity index (χ3n) is 3.43. The predicted octanol–water partition coefficient (Wildman–Crippen LogP) is 3.54. The lowest BCUT2D eigenvalue weighted by Crippen LogP contribution is -1.79. The first kappa shape index (κ1) is 9.13. The lowest BCUT2D eigenvalue weighted by molar-refractivity contribution is 1.52. The molecular weight excluding hydrogens is 222 g/mol. The van der Waals surface area contributed by atoms with Gasteiger partial charge in [-0.05, 0) is 27.0 Å². The fourth-order valence-corrected chi connectivity index (χ4v) is 3.65. The van der Waals surface area contributed by atoms with Crippen molar-refractivity contribution in [2.45, 2.75) is 0 Å². The molecule has 80 valence electrons. The number of rotatable bonds is 0. The normalized spacial score (nSPS) is 11.5. The second kappa shape index (κ2) is 3.28. The molecule has 4 rings (SSSR count). The molecule has 0 aliphatic heterocycles. The van der Waals surface area contributed by atoms with Gasteiger partial charge >= 0.3 is 0 Å². The van der Waals surface area contributed by atoms with Crippen LogP contribution in [0.25, 0.3) is 32.1 Å². The third-order valence-corrected chi connectivity index (χ3v) is 4.61. The molecule has 0 bridgehead atoms. The molecule has 0 amide bonds. The van der Waals surface area contributed by atoms with Gasteiger partial charge in [-0.25, -0.2) is 0 Å². The molecule has 1 N–H and O–H groups in total. The molecule has 1 heterocycles. The lowest BCUT2D eigenvalue weighted by Gasteiger charge is -2.05. The van der Waals surface area contributed by atoms with E-state index in [9.17, 15) is 0 Å². The molecule has 0 radical (unpaired) electrons. The predicted molar refractivity (Wildman–Crippen MR) is 76.1 cm³/mol. The van der Waals surface area contributed by atoms with Crippen LogP contribution in [-0.2, 0) is 0 Å². The van der Waals surface area contributed by atoms with E-state index < -0.39 is 0 Å². The van der Waals surface area contributed by atoms with Crippen LogP contribution in [0.2, 0.25) is 0 Å². The zero-order valence-electron chi connectivity index (χ0n) is 9.27. The van der Waals surface area contributed by atoms with Crippen molar-refractivity contribution in [3.63, 3.8) is 0 Å². The van der Waals surface area contributed by atoms with Crippen molar-refractivity contribution in [2.24, 2.45) is 0 Å². The Morgan fingerprint density at radius 1 is 0.824 bits per heavy atom. The van der Waals surface area contributed by atoms with Gasteiger partial charge in [0.2, 0.25) is 0 Å². The highest BCUT2D eigenvalue weighted by Gasteiger charge is 2.04. The number of fused-ring (bicyclic) bond motifs is 5. The molecule has 0 atom stereocenters. The minimum Gasteiger partial charge on any atom is -0.365 e. The van der Waals surface area contributed by atoms with Gasteiger partial charge in [0.15, 0.2) is 0 Å². The fourth-order valence-electron chi connectivity index (χ4n) is 2.62. The number of hydrogen-bond acceptors (Lipinski definition) is 0. The van der Waals surface area contributed by atoms with Crippen LogP contribution >= 0.6 is 0 Å². The minimum absolute atomic E-state index is 0.289. The zero-order chi connectivity index (χ0) is 11.2.